The highest BCUT2D eigenvalue weighted by molar-refractivity contribution is 6.32. The number of imidazole rings is 1. The Kier molecular flexibility index (Phi) is 7.33. The summed E-state index contributed by atoms with van der Waals surface area (Å²) in [5, 5.41) is 26.4. The van der Waals surface area contributed by atoms with Crippen molar-refractivity contribution >= 4 is 39.1 Å². The summed E-state index contributed by atoms with van der Waals surface area (Å²) in [6, 6.07) is 9.42. The molecule has 0 spiro atoms. The van der Waals surface area contributed by atoms with Crippen LogP contribution in [0.4, 0.5) is 10.1 Å². The number of aliphatic hydroxyl groups excluding tert-OH is 1. The van der Waals surface area contributed by atoms with E-state index in [2.05, 4.69) is 32.2 Å². The molecular weight excluding hydrogens is 551 g/mol. The van der Waals surface area contributed by atoms with Crippen LogP contribution in [0, 0.1) is 5.82 Å². The molecule has 10 nitrogen and oxygen atoms in total. The summed E-state index contributed by atoms with van der Waals surface area (Å²) in [7, 11) is 2.11. The van der Waals surface area contributed by atoms with Crippen molar-refractivity contribution in [1.82, 2.24) is 24.4 Å². The number of hydrogen-bond donors (Lipinski definition) is 5. The van der Waals surface area contributed by atoms with E-state index in [-0.39, 0.29) is 47.0 Å². The van der Waals surface area contributed by atoms with Crippen molar-refractivity contribution in [3.05, 3.63) is 70.0 Å². The van der Waals surface area contributed by atoms with Gasteiger partial charge in [-0.2, -0.15) is 0 Å². The quantitative estimate of drug-likeness (QED) is 0.183. The number of pyridine rings is 1. The first-order valence-electron chi connectivity index (χ1n) is 13.4. The lowest BCUT2D eigenvalue weighted by atomic mass is 10.1. The third-order valence-corrected chi connectivity index (χ3v) is 7.86. The number of aromatic hydroxyl groups is 1. The van der Waals surface area contributed by atoms with E-state index in [1.54, 1.807) is 6.07 Å². The number of rotatable bonds is 8. The predicted octanol–water partition coefficient (Wildman–Crippen LogP) is 4.49. The van der Waals surface area contributed by atoms with Crippen LogP contribution >= 0.6 is 11.6 Å². The largest absolute Gasteiger partial charge is 0.494 e. The molecule has 3 aromatic heterocycles. The summed E-state index contributed by atoms with van der Waals surface area (Å²) in [6.07, 6.45) is 4.43. The van der Waals surface area contributed by atoms with Crippen LogP contribution in [0.25, 0.3) is 33.2 Å². The number of H-pyrrole nitrogens is 2. The number of aliphatic hydroxyl groups is 1. The lowest BCUT2D eigenvalue weighted by Crippen LogP contribution is -2.31. The van der Waals surface area contributed by atoms with E-state index in [1.165, 1.54) is 18.3 Å². The molecule has 6 rings (SSSR count). The standard InChI is InChI=1S/C29H30ClFN6O4/c1-36-8-5-18(6-9-36)37-14-16-10-23-24(12-20(16)29(37)40)35-27(34-23)26-22(4-7-32-28(26)39)33-13-19(38)15-41-25-11-17(31)2-3-21(25)30/h2-4,7,10-12,14,18-19,38,40H,5-6,8-9,13,15H2,1H3,(H,34,35)(H2,32,33,39)/t19-/m1/s1. The molecule has 0 bridgehead atoms. The van der Waals surface area contributed by atoms with E-state index < -0.39 is 11.9 Å². The van der Waals surface area contributed by atoms with Gasteiger partial charge in [-0.05, 0) is 63.3 Å². The first-order valence-corrected chi connectivity index (χ1v) is 13.8. The number of benzene rings is 2. The highest BCUT2D eigenvalue weighted by Gasteiger charge is 2.23. The van der Waals surface area contributed by atoms with E-state index in [0.717, 1.165) is 42.9 Å². The number of nitrogens with zero attached hydrogens (tertiary/aromatic N) is 3. The predicted molar refractivity (Wildman–Crippen MR) is 156 cm³/mol. The molecule has 12 heteroatoms. The number of aromatic amines is 2. The van der Waals surface area contributed by atoms with Gasteiger partial charge < -0.3 is 39.7 Å². The van der Waals surface area contributed by atoms with Gasteiger partial charge in [0.2, 0.25) is 0 Å². The summed E-state index contributed by atoms with van der Waals surface area (Å²) in [4.78, 5) is 25.8. The number of ether oxygens (including phenoxy) is 1. The zero-order valence-electron chi connectivity index (χ0n) is 22.3. The number of aromatic nitrogens is 4. The molecule has 5 N–H and O–H groups in total. The molecule has 1 aliphatic heterocycles. The maximum atomic E-state index is 13.5. The molecule has 0 amide bonds. The van der Waals surface area contributed by atoms with Crippen LogP contribution in [0.1, 0.15) is 18.9 Å². The van der Waals surface area contributed by atoms with Crippen molar-refractivity contribution in [3.63, 3.8) is 0 Å². The summed E-state index contributed by atoms with van der Waals surface area (Å²) in [6.45, 7) is 1.87. The summed E-state index contributed by atoms with van der Waals surface area (Å²) in [5.41, 5.74) is 1.70. The summed E-state index contributed by atoms with van der Waals surface area (Å²) in [5.74, 6) is 0.196. The lowest BCUT2D eigenvalue weighted by molar-refractivity contribution is 0.117. The molecule has 1 atom stereocenters. The molecule has 1 aliphatic rings. The van der Waals surface area contributed by atoms with Gasteiger partial charge in [0.25, 0.3) is 5.56 Å². The molecule has 41 heavy (non-hydrogen) atoms. The minimum atomic E-state index is -0.985. The average Bonchev–Trinajstić information content (AvgIpc) is 3.51. The molecule has 2 aromatic carbocycles. The second-order valence-electron chi connectivity index (χ2n) is 10.5. The lowest BCUT2D eigenvalue weighted by Gasteiger charge is -2.30. The molecule has 0 unspecified atom stereocenters. The fraction of sp³-hybridized carbons (Fsp3) is 0.310. The van der Waals surface area contributed by atoms with Gasteiger partial charge in [0.05, 0.1) is 21.7 Å². The van der Waals surface area contributed by atoms with E-state index in [4.69, 9.17) is 16.3 Å². The molecule has 0 aliphatic carbocycles. The Morgan fingerprint density at radius 1 is 1.24 bits per heavy atom. The number of halogens is 2. The van der Waals surface area contributed by atoms with Crippen LogP contribution < -0.4 is 15.6 Å². The molecule has 214 valence electrons. The van der Waals surface area contributed by atoms with Crippen LogP contribution in [-0.4, -0.2) is 74.0 Å². The Bertz CT molecular complexity index is 1770. The van der Waals surface area contributed by atoms with Crippen LogP contribution in [0.2, 0.25) is 5.02 Å². The number of hydrogen-bond acceptors (Lipinski definition) is 7. The Balaban J connectivity index is 1.22. The van der Waals surface area contributed by atoms with Crippen molar-refractivity contribution in [1.29, 1.82) is 0 Å². The third-order valence-electron chi connectivity index (χ3n) is 7.55. The second-order valence-corrected chi connectivity index (χ2v) is 10.9. The van der Waals surface area contributed by atoms with Gasteiger partial charge in [-0.3, -0.25) is 4.79 Å². The van der Waals surface area contributed by atoms with E-state index in [0.29, 0.717) is 22.4 Å². The van der Waals surface area contributed by atoms with Gasteiger partial charge in [-0.1, -0.05) is 11.6 Å². The molecule has 0 radical (unpaired) electrons. The van der Waals surface area contributed by atoms with Crippen LogP contribution in [0.15, 0.2) is 53.6 Å². The normalized spacial score (nSPS) is 15.5. The Hall–Kier alpha value is -4.06. The van der Waals surface area contributed by atoms with Gasteiger partial charge in [0.15, 0.2) is 5.88 Å². The molecule has 1 fully saturated rings. The van der Waals surface area contributed by atoms with Crippen molar-refractivity contribution in [2.75, 3.05) is 38.6 Å². The number of piperidine rings is 1. The highest BCUT2D eigenvalue weighted by Crippen LogP contribution is 2.36. The Labute approximate surface area is 239 Å². The van der Waals surface area contributed by atoms with E-state index in [9.17, 15) is 19.4 Å². The van der Waals surface area contributed by atoms with Crippen molar-refractivity contribution < 1.29 is 19.3 Å². The molecule has 4 heterocycles. The number of likely N-dealkylation sites (tertiary alicyclic amines) is 1. The minimum absolute atomic E-state index is 0.0441. The number of fused-ring (bicyclic) bond motifs is 2. The zero-order chi connectivity index (χ0) is 28.7. The van der Waals surface area contributed by atoms with E-state index in [1.807, 2.05) is 22.9 Å². The van der Waals surface area contributed by atoms with Gasteiger partial charge in [-0.15, -0.1) is 0 Å². The average molecular weight is 581 g/mol. The molecule has 5 aromatic rings. The van der Waals surface area contributed by atoms with E-state index >= 15 is 0 Å². The maximum Gasteiger partial charge on any atom is 0.261 e. The van der Waals surface area contributed by atoms with Gasteiger partial charge in [0.1, 0.15) is 35.7 Å². The smallest absolute Gasteiger partial charge is 0.261 e. The van der Waals surface area contributed by atoms with Crippen molar-refractivity contribution in [2.45, 2.75) is 25.0 Å². The fourth-order valence-electron chi connectivity index (χ4n) is 5.32. The Morgan fingerprint density at radius 2 is 2.05 bits per heavy atom. The van der Waals surface area contributed by atoms with Gasteiger partial charge >= 0.3 is 0 Å². The summed E-state index contributed by atoms with van der Waals surface area (Å²) < 4.78 is 20.9. The maximum absolute atomic E-state index is 13.5. The Morgan fingerprint density at radius 3 is 2.85 bits per heavy atom. The topological polar surface area (TPSA) is 131 Å². The van der Waals surface area contributed by atoms with Crippen LogP contribution in [0.5, 0.6) is 11.6 Å². The molecule has 0 saturated carbocycles. The molecular formula is C29H30ClFN6O4. The molecule has 1 saturated heterocycles. The van der Waals surface area contributed by atoms with Crippen LogP contribution in [-0.2, 0) is 0 Å². The van der Waals surface area contributed by atoms with Gasteiger partial charge in [-0.25, -0.2) is 9.37 Å². The monoisotopic (exact) mass is 580 g/mol. The minimum Gasteiger partial charge on any atom is -0.494 e. The van der Waals surface area contributed by atoms with Crippen molar-refractivity contribution in [3.8, 4) is 23.0 Å². The fourth-order valence-corrected chi connectivity index (χ4v) is 5.49. The van der Waals surface area contributed by atoms with Crippen molar-refractivity contribution in [2.24, 2.45) is 0 Å². The summed E-state index contributed by atoms with van der Waals surface area (Å²) >= 11 is 6.02. The number of nitrogens with one attached hydrogen (secondary N) is 3. The number of anilines is 1. The van der Waals surface area contributed by atoms with Crippen LogP contribution in [0.3, 0.4) is 0 Å². The SMILES string of the molecule is CN1CCC(n2cc3cc4[nH]c(-c5c(NC[C@@H](O)COc6cc(F)ccc6Cl)cc[nH]c5=O)nc4cc3c2O)CC1. The third kappa shape index (κ3) is 5.48. The highest BCUT2D eigenvalue weighted by atomic mass is 35.5. The first-order chi connectivity index (χ1) is 19.8. The second kappa shape index (κ2) is 11.1. The van der Waals surface area contributed by atoms with Gasteiger partial charge in [0, 0.05) is 41.8 Å². The first kappa shape index (κ1) is 27.1. The zero-order valence-corrected chi connectivity index (χ0v) is 23.1.